The number of ether oxygens (including phenoxy) is 2. The van der Waals surface area contributed by atoms with Crippen LogP contribution in [0.2, 0.25) is 0 Å². The molecule has 0 saturated heterocycles. The highest BCUT2D eigenvalue weighted by Gasteiger charge is 2.24. The minimum absolute atomic E-state index is 0.0399. The number of carbonyl (C=O) groups excluding carboxylic acids is 2. The number of rotatable bonds is 8. The van der Waals surface area contributed by atoms with Gasteiger partial charge in [0.2, 0.25) is 0 Å². The number of anilines is 1. The normalized spacial score (nSPS) is 15.2. The summed E-state index contributed by atoms with van der Waals surface area (Å²) < 4.78 is 38.1. The van der Waals surface area contributed by atoms with E-state index in [2.05, 4.69) is 10.0 Å². The van der Waals surface area contributed by atoms with Crippen LogP contribution in [0.1, 0.15) is 43.0 Å². The maximum absolute atomic E-state index is 12.7. The lowest BCUT2D eigenvalue weighted by Gasteiger charge is -2.17. The molecule has 0 aromatic heterocycles. The van der Waals surface area contributed by atoms with Crippen molar-refractivity contribution in [1.29, 1.82) is 0 Å². The smallest absolute Gasteiger partial charge is 0.338 e. The fourth-order valence-corrected chi connectivity index (χ4v) is 4.44. The van der Waals surface area contributed by atoms with Crippen LogP contribution in [-0.2, 0) is 19.6 Å². The Kier molecular flexibility index (Phi) is 7.17. The Morgan fingerprint density at radius 3 is 2.39 bits per heavy atom. The van der Waals surface area contributed by atoms with Crippen molar-refractivity contribution >= 4 is 27.6 Å². The molecule has 1 atom stereocenters. The maximum atomic E-state index is 12.7. The third kappa shape index (κ3) is 5.97. The lowest BCUT2D eigenvalue weighted by molar-refractivity contribution is -0.129. The Balaban J connectivity index is 1.66. The first-order valence-electron chi connectivity index (χ1n) is 10.1. The summed E-state index contributed by atoms with van der Waals surface area (Å²) in [4.78, 5) is 24.6. The Labute approximate surface area is 182 Å². The molecule has 8 nitrogen and oxygen atoms in total. The summed E-state index contributed by atoms with van der Waals surface area (Å²) in [6.45, 7) is 1.49. The molecule has 1 aliphatic carbocycles. The van der Waals surface area contributed by atoms with Crippen molar-refractivity contribution in [1.82, 2.24) is 5.32 Å². The molecule has 166 valence electrons. The zero-order chi connectivity index (χ0) is 22.4. The van der Waals surface area contributed by atoms with Gasteiger partial charge in [0.25, 0.3) is 15.9 Å². The number of benzene rings is 2. The van der Waals surface area contributed by atoms with E-state index in [0.717, 1.165) is 25.7 Å². The van der Waals surface area contributed by atoms with Gasteiger partial charge < -0.3 is 14.8 Å². The van der Waals surface area contributed by atoms with Crippen LogP contribution in [0.5, 0.6) is 5.75 Å². The number of hydrogen-bond acceptors (Lipinski definition) is 6. The van der Waals surface area contributed by atoms with Crippen LogP contribution in [0.15, 0.2) is 53.4 Å². The summed E-state index contributed by atoms with van der Waals surface area (Å²) >= 11 is 0. The van der Waals surface area contributed by atoms with Crippen LogP contribution in [0.4, 0.5) is 5.69 Å². The number of nitrogens with one attached hydrogen (secondary N) is 2. The van der Waals surface area contributed by atoms with Crippen molar-refractivity contribution in [3.05, 3.63) is 54.1 Å². The van der Waals surface area contributed by atoms with Gasteiger partial charge in [0.1, 0.15) is 5.75 Å². The largest absolute Gasteiger partial charge is 0.497 e. The zero-order valence-electron chi connectivity index (χ0n) is 17.5. The fourth-order valence-electron chi connectivity index (χ4n) is 3.33. The van der Waals surface area contributed by atoms with Crippen molar-refractivity contribution in [3.63, 3.8) is 0 Å². The summed E-state index contributed by atoms with van der Waals surface area (Å²) in [5, 5.41) is 2.88. The third-order valence-electron chi connectivity index (χ3n) is 5.08. The van der Waals surface area contributed by atoms with Gasteiger partial charge in [-0.05, 0) is 62.2 Å². The van der Waals surface area contributed by atoms with E-state index in [0.29, 0.717) is 11.4 Å². The van der Waals surface area contributed by atoms with Gasteiger partial charge in [-0.3, -0.25) is 9.52 Å². The van der Waals surface area contributed by atoms with Gasteiger partial charge in [-0.15, -0.1) is 0 Å². The molecule has 1 saturated carbocycles. The number of carbonyl (C=O) groups is 2. The Bertz CT molecular complexity index is 1030. The lowest BCUT2D eigenvalue weighted by Crippen LogP contribution is -2.40. The predicted molar refractivity (Wildman–Crippen MR) is 116 cm³/mol. The van der Waals surface area contributed by atoms with Crippen LogP contribution in [0.25, 0.3) is 0 Å². The van der Waals surface area contributed by atoms with Crippen LogP contribution in [0, 0.1) is 0 Å². The fraction of sp³-hybridized carbons (Fsp3) is 0.364. The molecule has 3 rings (SSSR count). The highest BCUT2D eigenvalue weighted by molar-refractivity contribution is 7.92. The quantitative estimate of drug-likeness (QED) is 0.603. The molecule has 0 bridgehead atoms. The lowest BCUT2D eigenvalue weighted by atomic mass is 10.2. The molecule has 2 N–H and O–H groups in total. The van der Waals surface area contributed by atoms with Crippen molar-refractivity contribution in [3.8, 4) is 5.75 Å². The number of esters is 1. The molecule has 0 radical (unpaired) electrons. The monoisotopic (exact) mass is 446 g/mol. The third-order valence-corrected chi connectivity index (χ3v) is 6.46. The molecule has 1 unspecified atom stereocenters. The molecule has 9 heteroatoms. The van der Waals surface area contributed by atoms with E-state index >= 15 is 0 Å². The number of methoxy groups -OCH3 is 1. The number of hydrogen-bond donors (Lipinski definition) is 2. The first-order chi connectivity index (χ1) is 14.8. The molecule has 0 aliphatic heterocycles. The van der Waals surface area contributed by atoms with E-state index in [4.69, 9.17) is 9.47 Å². The summed E-state index contributed by atoms with van der Waals surface area (Å²) in [7, 11) is -2.41. The molecule has 1 amide bonds. The van der Waals surface area contributed by atoms with E-state index in [1.807, 2.05) is 0 Å². The van der Waals surface area contributed by atoms with E-state index in [1.165, 1.54) is 38.3 Å². The van der Waals surface area contributed by atoms with Crippen molar-refractivity contribution in [2.45, 2.75) is 49.6 Å². The summed E-state index contributed by atoms with van der Waals surface area (Å²) in [6, 6.07) is 12.0. The van der Waals surface area contributed by atoms with Crippen molar-refractivity contribution < 1.29 is 27.5 Å². The summed E-state index contributed by atoms with van der Waals surface area (Å²) in [5.41, 5.74) is 0.393. The van der Waals surface area contributed by atoms with Crippen molar-refractivity contribution in [2.24, 2.45) is 0 Å². The minimum Gasteiger partial charge on any atom is -0.497 e. The van der Waals surface area contributed by atoms with Gasteiger partial charge in [-0.25, -0.2) is 13.2 Å². The van der Waals surface area contributed by atoms with Gasteiger partial charge in [-0.2, -0.15) is 0 Å². The van der Waals surface area contributed by atoms with Gasteiger partial charge in [0.15, 0.2) is 6.10 Å². The average Bonchev–Trinajstić information content (AvgIpc) is 3.27. The van der Waals surface area contributed by atoms with Gasteiger partial charge in [0, 0.05) is 11.7 Å². The first kappa shape index (κ1) is 22.6. The van der Waals surface area contributed by atoms with Crippen LogP contribution >= 0.6 is 0 Å². The molecule has 31 heavy (non-hydrogen) atoms. The van der Waals surface area contributed by atoms with E-state index in [9.17, 15) is 18.0 Å². The van der Waals surface area contributed by atoms with Gasteiger partial charge in [0.05, 0.1) is 17.6 Å². The summed E-state index contributed by atoms with van der Waals surface area (Å²) in [5.74, 6) is -0.528. The number of amides is 1. The second kappa shape index (κ2) is 9.82. The van der Waals surface area contributed by atoms with Crippen LogP contribution in [0.3, 0.4) is 0 Å². The van der Waals surface area contributed by atoms with E-state index in [1.54, 1.807) is 24.3 Å². The Morgan fingerprint density at radius 1 is 1.06 bits per heavy atom. The molecule has 1 fully saturated rings. The highest BCUT2D eigenvalue weighted by atomic mass is 32.2. The van der Waals surface area contributed by atoms with Crippen molar-refractivity contribution in [2.75, 3.05) is 11.8 Å². The first-order valence-corrected chi connectivity index (χ1v) is 11.5. The Morgan fingerprint density at radius 2 is 1.74 bits per heavy atom. The minimum atomic E-state index is -3.93. The molecular weight excluding hydrogens is 420 g/mol. The highest BCUT2D eigenvalue weighted by Crippen LogP contribution is 2.21. The van der Waals surface area contributed by atoms with E-state index < -0.39 is 22.1 Å². The maximum Gasteiger partial charge on any atom is 0.338 e. The molecule has 0 spiro atoms. The molecule has 2 aromatic carbocycles. The van der Waals surface area contributed by atoms with Crippen LogP contribution < -0.4 is 14.8 Å². The molecule has 0 heterocycles. The second-order valence-corrected chi connectivity index (χ2v) is 9.08. The topological polar surface area (TPSA) is 111 Å². The number of sulfonamides is 1. The molecular formula is C22H26N2O6S. The zero-order valence-corrected chi connectivity index (χ0v) is 18.3. The SMILES string of the molecule is COc1ccc(NS(=O)(=O)c2cccc(C(=O)OC(C)C(=O)NC3CCCC3)c2)cc1. The Hall–Kier alpha value is -3.07. The molecule has 2 aromatic rings. The van der Waals surface area contributed by atoms with E-state index in [-0.39, 0.29) is 22.4 Å². The predicted octanol–water partition coefficient (Wildman–Crippen LogP) is 3.10. The average molecular weight is 447 g/mol. The second-order valence-electron chi connectivity index (χ2n) is 7.40. The van der Waals surface area contributed by atoms with Gasteiger partial charge in [-0.1, -0.05) is 18.9 Å². The summed E-state index contributed by atoms with van der Waals surface area (Å²) in [6.07, 6.45) is 3.02. The van der Waals surface area contributed by atoms with Crippen LogP contribution in [-0.4, -0.2) is 39.5 Å². The molecule has 1 aliphatic rings. The standard InChI is InChI=1S/C22H26N2O6S/c1-15(21(25)23-17-7-3-4-8-17)30-22(26)16-6-5-9-20(14-16)31(27,28)24-18-10-12-19(29-2)13-11-18/h5-6,9-15,17,24H,3-4,7-8H2,1-2H3,(H,23,25). The van der Waals surface area contributed by atoms with Gasteiger partial charge >= 0.3 is 5.97 Å².